The molecule has 0 amide bonds. The van der Waals surface area contributed by atoms with Crippen molar-refractivity contribution in [3.63, 3.8) is 0 Å². The largest absolute Gasteiger partial charge is 0.490 e. The van der Waals surface area contributed by atoms with Crippen molar-refractivity contribution >= 4 is 15.9 Å². The number of likely N-dealkylation sites (tertiary alicyclic amines) is 1. The van der Waals surface area contributed by atoms with Gasteiger partial charge in [0.15, 0.2) is 0 Å². The lowest BCUT2D eigenvalue weighted by Gasteiger charge is -2.34. The fourth-order valence-corrected chi connectivity index (χ4v) is 2.90. The SMILES string of the molecule is C[C@H]1CCCCN1C[C@H](O)COc1ccccc1Br. The zero-order chi connectivity index (χ0) is 13.7. The molecule has 1 saturated heterocycles. The third-order valence-electron chi connectivity index (χ3n) is 3.65. The van der Waals surface area contributed by atoms with Gasteiger partial charge in [-0.25, -0.2) is 0 Å². The van der Waals surface area contributed by atoms with Gasteiger partial charge in [-0.1, -0.05) is 18.6 Å². The monoisotopic (exact) mass is 327 g/mol. The summed E-state index contributed by atoms with van der Waals surface area (Å²) in [6.45, 7) is 4.37. The van der Waals surface area contributed by atoms with Crippen LogP contribution in [0.15, 0.2) is 28.7 Å². The number of hydrogen-bond acceptors (Lipinski definition) is 3. The Morgan fingerprint density at radius 3 is 2.95 bits per heavy atom. The van der Waals surface area contributed by atoms with Crippen molar-refractivity contribution in [3.05, 3.63) is 28.7 Å². The average Bonchev–Trinajstić information content (AvgIpc) is 2.40. The highest BCUT2D eigenvalue weighted by Crippen LogP contribution is 2.24. The van der Waals surface area contributed by atoms with Crippen LogP contribution in [0.2, 0.25) is 0 Å². The number of para-hydroxylation sites is 1. The summed E-state index contributed by atoms with van der Waals surface area (Å²) in [5.41, 5.74) is 0. The molecule has 0 radical (unpaired) electrons. The Hall–Kier alpha value is -0.580. The fraction of sp³-hybridized carbons (Fsp3) is 0.600. The predicted molar refractivity (Wildman–Crippen MR) is 80.5 cm³/mol. The molecule has 1 aliphatic heterocycles. The summed E-state index contributed by atoms with van der Waals surface area (Å²) in [4.78, 5) is 2.36. The maximum Gasteiger partial charge on any atom is 0.133 e. The Bertz CT molecular complexity index is 399. The average molecular weight is 328 g/mol. The van der Waals surface area contributed by atoms with Gasteiger partial charge in [0.1, 0.15) is 18.5 Å². The molecule has 1 aliphatic rings. The number of β-amino-alcohol motifs (C(OH)–C–C–N with tert-alkyl or cyclic N) is 1. The van der Waals surface area contributed by atoms with Gasteiger partial charge in [-0.15, -0.1) is 0 Å². The molecule has 4 heteroatoms. The van der Waals surface area contributed by atoms with Gasteiger partial charge in [0.2, 0.25) is 0 Å². The molecular weight excluding hydrogens is 306 g/mol. The lowest BCUT2D eigenvalue weighted by Crippen LogP contribution is -2.43. The minimum Gasteiger partial charge on any atom is -0.490 e. The van der Waals surface area contributed by atoms with Gasteiger partial charge in [-0.2, -0.15) is 0 Å². The van der Waals surface area contributed by atoms with E-state index in [2.05, 4.69) is 27.8 Å². The molecule has 1 heterocycles. The third-order valence-corrected chi connectivity index (χ3v) is 4.31. The van der Waals surface area contributed by atoms with Crippen LogP contribution in [0.3, 0.4) is 0 Å². The third kappa shape index (κ3) is 4.48. The first-order valence-corrected chi connectivity index (χ1v) is 7.75. The second-order valence-corrected chi connectivity index (χ2v) is 6.09. The lowest BCUT2D eigenvalue weighted by molar-refractivity contribution is 0.0436. The van der Waals surface area contributed by atoms with Gasteiger partial charge in [-0.3, -0.25) is 4.90 Å². The number of hydrogen-bond donors (Lipinski definition) is 1. The molecule has 0 saturated carbocycles. The topological polar surface area (TPSA) is 32.7 Å². The maximum absolute atomic E-state index is 10.1. The standard InChI is InChI=1S/C15H22BrNO2/c1-12-6-4-5-9-17(12)10-13(18)11-19-15-8-3-2-7-14(15)16/h2-3,7-8,12-13,18H,4-6,9-11H2,1H3/t12-,13-/m0/s1. The van der Waals surface area contributed by atoms with E-state index in [1.54, 1.807) is 0 Å². The summed E-state index contributed by atoms with van der Waals surface area (Å²) in [5, 5.41) is 10.1. The maximum atomic E-state index is 10.1. The number of aliphatic hydroxyl groups is 1. The molecule has 0 aliphatic carbocycles. The van der Waals surface area contributed by atoms with E-state index >= 15 is 0 Å². The molecule has 2 atom stereocenters. The molecule has 1 aromatic rings. The highest BCUT2D eigenvalue weighted by atomic mass is 79.9. The van der Waals surface area contributed by atoms with E-state index in [0.29, 0.717) is 19.2 Å². The second-order valence-electron chi connectivity index (χ2n) is 5.23. The fourth-order valence-electron chi connectivity index (χ4n) is 2.50. The van der Waals surface area contributed by atoms with Crippen LogP contribution in [0, 0.1) is 0 Å². The molecule has 1 N–H and O–H groups in total. The highest BCUT2D eigenvalue weighted by molar-refractivity contribution is 9.10. The molecular formula is C15H22BrNO2. The zero-order valence-electron chi connectivity index (χ0n) is 11.4. The smallest absolute Gasteiger partial charge is 0.133 e. The minimum atomic E-state index is -0.437. The first-order chi connectivity index (χ1) is 9.16. The second kappa shape index (κ2) is 7.27. The van der Waals surface area contributed by atoms with Crippen LogP contribution in [0.5, 0.6) is 5.75 Å². The number of halogens is 1. The van der Waals surface area contributed by atoms with E-state index in [1.165, 1.54) is 19.3 Å². The molecule has 19 heavy (non-hydrogen) atoms. The Kier molecular flexibility index (Phi) is 5.67. The number of benzene rings is 1. The number of aliphatic hydroxyl groups excluding tert-OH is 1. The first kappa shape index (κ1) is 14.8. The van der Waals surface area contributed by atoms with E-state index < -0.39 is 6.10 Å². The zero-order valence-corrected chi connectivity index (χ0v) is 13.0. The van der Waals surface area contributed by atoms with Crippen molar-refractivity contribution in [1.82, 2.24) is 4.90 Å². The van der Waals surface area contributed by atoms with Crippen molar-refractivity contribution in [2.24, 2.45) is 0 Å². The van der Waals surface area contributed by atoms with Crippen molar-refractivity contribution in [3.8, 4) is 5.75 Å². The summed E-state index contributed by atoms with van der Waals surface area (Å²) in [6.07, 6.45) is 3.34. The number of piperidine rings is 1. The van der Waals surface area contributed by atoms with Gasteiger partial charge < -0.3 is 9.84 Å². The van der Waals surface area contributed by atoms with Crippen LogP contribution in [-0.4, -0.2) is 41.8 Å². The number of nitrogens with zero attached hydrogens (tertiary/aromatic N) is 1. The van der Waals surface area contributed by atoms with Crippen molar-refractivity contribution in [2.45, 2.75) is 38.3 Å². The number of ether oxygens (including phenoxy) is 1. The van der Waals surface area contributed by atoms with Crippen molar-refractivity contribution in [2.75, 3.05) is 19.7 Å². The Balaban J connectivity index is 1.78. The van der Waals surface area contributed by atoms with Crippen LogP contribution < -0.4 is 4.74 Å². The van der Waals surface area contributed by atoms with Gasteiger partial charge in [0.25, 0.3) is 0 Å². The van der Waals surface area contributed by atoms with Crippen molar-refractivity contribution < 1.29 is 9.84 Å². The Morgan fingerprint density at radius 2 is 2.21 bits per heavy atom. The molecule has 0 unspecified atom stereocenters. The number of rotatable bonds is 5. The lowest BCUT2D eigenvalue weighted by atomic mass is 10.0. The first-order valence-electron chi connectivity index (χ1n) is 6.96. The minimum absolute atomic E-state index is 0.339. The molecule has 0 bridgehead atoms. The van der Waals surface area contributed by atoms with Gasteiger partial charge in [-0.05, 0) is 54.4 Å². The molecule has 3 nitrogen and oxygen atoms in total. The summed E-state index contributed by atoms with van der Waals surface area (Å²) < 4.78 is 6.58. The van der Waals surface area contributed by atoms with Crippen LogP contribution in [-0.2, 0) is 0 Å². The predicted octanol–water partition coefficient (Wildman–Crippen LogP) is 3.06. The van der Waals surface area contributed by atoms with Crippen LogP contribution >= 0.6 is 15.9 Å². The van der Waals surface area contributed by atoms with Crippen LogP contribution in [0.25, 0.3) is 0 Å². The van der Waals surface area contributed by atoms with E-state index in [-0.39, 0.29) is 0 Å². The van der Waals surface area contributed by atoms with Gasteiger partial charge in [0, 0.05) is 12.6 Å². The summed E-state index contributed by atoms with van der Waals surface area (Å²) in [5.74, 6) is 0.785. The van der Waals surface area contributed by atoms with E-state index in [9.17, 15) is 5.11 Å². The van der Waals surface area contributed by atoms with E-state index in [0.717, 1.165) is 16.8 Å². The molecule has 106 valence electrons. The molecule has 0 aromatic heterocycles. The Morgan fingerprint density at radius 1 is 1.42 bits per heavy atom. The van der Waals surface area contributed by atoms with Gasteiger partial charge >= 0.3 is 0 Å². The molecule has 0 spiro atoms. The van der Waals surface area contributed by atoms with Crippen LogP contribution in [0.1, 0.15) is 26.2 Å². The van der Waals surface area contributed by atoms with Gasteiger partial charge in [0.05, 0.1) is 4.47 Å². The van der Waals surface area contributed by atoms with E-state index in [4.69, 9.17) is 4.74 Å². The normalized spacial score (nSPS) is 22.2. The highest BCUT2D eigenvalue weighted by Gasteiger charge is 2.21. The molecule has 2 rings (SSSR count). The molecule has 1 aromatic carbocycles. The Labute approximate surface area is 123 Å². The quantitative estimate of drug-likeness (QED) is 0.902. The molecule has 1 fully saturated rings. The summed E-state index contributed by atoms with van der Waals surface area (Å²) in [7, 11) is 0. The van der Waals surface area contributed by atoms with Crippen LogP contribution in [0.4, 0.5) is 0 Å². The summed E-state index contributed by atoms with van der Waals surface area (Å²) >= 11 is 3.44. The van der Waals surface area contributed by atoms with Crippen molar-refractivity contribution in [1.29, 1.82) is 0 Å². The van der Waals surface area contributed by atoms with E-state index in [1.807, 2.05) is 24.3 Å². The summed E-state index contributed by atoms with van der Waals surface area (Å²) in [6, 6.07) is 8.29.